The Morgan fingerprint density at radius 1 is 1.22 bits per heavy atom. The standard InChI is InChI=1S/C15H19N3/c1-11-10-12-4-2-3-5-14(12)15(17-11)18-13-6-8-16-9-7-13/h2-5,10,13,16H,6-9H2,1H3,(H,17,18). The van der Waals surface area contributed by atoms with Crippen LogP contribution in [0.1, 0.15) is 18.5 Å². The first-order valence-corrected chi connectivity index (χ1v) is 6.66. The molecule has 2 heterocycles. The number of benzene rings is 1. The lowest BCUT2D eigenvalue weighted by molar-refractivity contribution is 0.478. The highest BCUT2D eigenvalue weighted by molar-refractivity contribution is 5.92. The van der Waals surface area contributed by atoms with E-state index < -0.39 is 0 Å². The van der Waals surface area contributed by atoms with Crippen LogP contribution in [0.2, 0.25) is 0 Å². The molecule has 0 aliphatic carbocycles. The van der Waals surface area contributed by atoms with Gasteiger partial charge < -0.3 is 10.6 Å². The molecule has 2 N–H and O–H groups in total. The van der Waals surface area contributed by atoms with E-state index in [1.807, 2.05) is 0 Å². The summed E-state index contributed by atoms with van der Waals surface area (Å²) in [6, 6.07) is 11.1. The number of fused-ring (bicyclic) bond motifs is 1. The van der Waals surface area contributed by atoms with Crippen LogP contribution in [-0.4, -0.2) is 24.1 Å². The molecule has 0 atom stereocenters. The first kappa shape index (κ1) is 11.5. The predicted molar refractivity (Wildman–Crippen MR) is 76.0 cm³/mol. The van der Waals surface area contributed by atoms with E-state index in [-0.39, 0.29) is 0 Å². The number of hydrogen-bond acceptors (Lipinski definition) is 3. The lowest BCUT2D eigenvalue weighted by Crippen LogP contribution is -2.35. The summed E-state index contributed by atoms with van der Waals surface area (Å²) < 4.78 is 0. The van der Waals surface area contributed by atoms with Gasteiger partial charge in [0.15, 0.2) is 0 Å². The maximum Gasteiger partial charge on any atom is 0.134 e. The summed E-state index contributed by atoms with van der Waals surface area (Å²) in [6.45, 7) is 4.25. The van der Waals surface area contributed by atoms with Crippen molar-refractivity contribution in [3.63, 3.8) is 0 Å². The Kier molecular flexibility index (Phi) is 3.15. The van der Waals surface area contributed by atoms with Crippen molar-refractivity contribution in [3.05, 3.63) is 36.0 Å². The van der Waals surface area contributed by atoms with Crippen LogP contribution in [0.5, 0.6) is 0 Å². The summed E-state index contributed by atoms with van der Waals surface area (Å²) in [5.41, 5.74) is 1.07. The van der Waals surface area contributed by atoms with Gasteiger partial charge in [0.2, 0.25) is 0 Å². The summed E-state index contributed by atoms with van der Waals surface area (Å²) in [5, 5.41) is 9.49. The quantitative estimate of drug-likeness (QED) is 0.849. The average molecular weight is 241 g/mol. The molecule has 0 radical (unpaired) electrons. The molecule has 1 aromatic carbocycles. The molecular weight excluding hydrogens is 222 g/mol. The number of hydrogen-bond donors (Lipinski definition) is 2. The van der Waals surface area contributed by atoms with Gasteiger partial charge in [-0.3, -0.25) is 0 Å². The van der Waals surface area contributed by atoms with Crippen LogP contribution in [0.4, 0.5) is 5.82 Å². The molecule has 0 amide bonds. The summed E-state index contributed by atoms with van der Waals surface area (Å²) in [7, 11) is 0. The van der Waals surface area contributed by atoms with E-state index in [4.69, 9.17) is 0 Å². The molecule has 0 unspecified atom stereocenters. The molecule has 3 rings (SSSR count). The summed E-state index contributed by atoms with van der Waals surface area (Å²) in [5.74, 6) is 1.04. The number of piperidine rings is 1. The molecular formula is C15H19N3. The Balaban J connectivity index is 1.94. The molecule has 3 heteroatoms. The van der Waals surface area contributed by atoms with Crippen molar-refractivity contribution in [2.24, 2.45) is 0 Å². The summed E-state index contributed by atoms with van der Waals surface area (Å²) in [6.07, 6.45) is 2.34. The van der Waals surface area contributed by atoms with Gasteiger partial charge in [-0.25, -0.2) is 4.98 Å². The van der Waals surface area contributed by atoms with Crippen LogP contribution < -0.4 is 10.6 Å². The molecule has 1 saturated heterocycles. The van der Waals surface area contributed by atoms with Crippen molar-refractivity contribution in [2.45, 2.75) is 25.8 Å². The zero-order valence-electron chi connectivity index (χ0n) is 10.7. The first-order valence-electron chi connectivity index (χ1n) is 6.66. The molecule has 94 valence electrons. The van der Waals surface area contributed by atoms with Crippen LogP contribution >= 0.6 is 0 Å². The highest BCUT2D eigenvalue weighted by Crippen LogP contribution is 2.24. The minimum absolute atomic E-state index is 0.545. The highest BCUT2D eigenvalue weighted by atomic mass is 15.0. The number of rotatable bonds is 2. The molecule has 0 saturated carbocycles. The first-order chi connectivity index (χ1) is 8.83. The van der Waals surface area contributed by atoms with Crippen LogP contribution in [0.3, 0.4) is 0 Å². The second-order valence-corrected chi connectivity index (χ2v) is 5.00. The van der Waals surface area contributed by atoms with Gasteiger partial charge >= 0.3 is 0 Å². The Hall–Kier alpha value is -1.61. The van der Waals surface area contributed by atoms with Crippen molar-refractivity contribution in [1.29, 1.82) is 0 Å². The normalized spacial score (nSPS) is 16.9. The topological polar surface area (TPSA) is 37.0 Å². The lowest BCUT2D eigenvalue weighted by atomic mass is 10.1. The fourth-order valence-electron chi connectivity index (χ4n) is 2.60. The maximum atomic E-state index is 4.66. The van der Waals surface area contributed by atoms with Crippen LogP contribution in [0, 0.1) is 6.92 Å². The van der Waals surface area contributed by atoms with Gasteiger partial charge in [-0.2, -0.15) is 0 Å². The van der Waals surface area contributed by atoms with Crippen LogP contribution in [-0.2, 0) is 0 Å². The zero-order chi connectivity index (χ0) is 12.4. The SMILES string of the molecule is Cc1cc2ccccc2c(NC2CCNCC2)n1. The van der Waals surface area contributed by atoms with Gasteiger partial charge in [0.05, 0.1) is 0 Å². The molecule has 1 fully saturated rings. The van der Waals surface area contributed by atoms with Crippen LogP contribution in [0.15, 0.2) is 30.3 Å². The Bertz CT molecular complexity index is 544. The minimum atomic E-state index is 0.545. The molecule has 1 aliphatic heterocycles. The van der Waals surface area contributed by atoms with Gasteiger partial charge in [0, 0.05) is 17.1 Å². The molecule has 1 aromatic heterocycles. The third-order valence-electron chi connectivity index (χ3n) is 3.55. The van der Waals surface area contributed by atoms with Gasteiger partial charge in [0.25, 0.3) is 0 Å². The highest BCUT2D eigenvalue weighted by Gasteiger charge is 2.14. The maximum absolute atomic E-state index is 4.66. The van der Waals surface area contributed by atoms with Crippen molar-refractivity contribution < 1.29 is 0 Å². The van der Waals surface area contributed by atoms with Crippen molar-refractivity contribution in [1.82, 2.24) is 10.3 Å². The number of aromatic nitrogens is 1. The average Bonchev–Trinajstić information content (AvgIpc) is 2.40. The molecule has 2 aromatic rings. The van der Waals surface area contributed by atoms with E-state index in [1.54, 1.807) is 0 Å². The second-order valence-electron chi connectivity index (χ2n) is 5.00. The third kappa shape index (κ3) is 2.31. The Morgan fingerprint density at radius 3 is 2.83 bits per heavy atom. The largest absolute Gasteiger partial charge is 0.367 e. The number of nitrogens with zero attached hydrogens (tertiary/aromatic N) is 1. The number of anilines is 1. The second kappa shape index (κ2) is 4.94. The van der Waals surface area contributed by atoms with E-state index >= 15 is 0 Å². The van der Waals surface area contributed by atoms with Gasteiger partial charge in [-0.05, 0) is 44.3 Å². The van der Waals surface area contributed by atoms with Gasteiger partial charge in [-0.1, -0.05) is 24.3 Å². The number of nitrogens with one attached hydrogen (secondary N) is 2. The summed E-state index contributed by atoms with van der Waals surface area (Å²) >= 11 is 0. The number of aryl methyl sites for hydroxylation is 1. The van der Waals surface area contributed by atoms with Gasteiger partial charge in [0.1, 0.15) is 5.82 Å². The molecule has 18 heavy (non-hydrogen) atoms. The minimum Gasteiger partial charge on any atom is -0.367 e. The Morgan fingerprint density at radius 2 is 2.00 bits per heavy atom. The fraction of sp³-hybridized carbons (Fsp3) is 0.400. The molecule has 0 spiro atoms. The molecule has 3 nitrogen and oxygen atoms in total. The van der Waals surface area contributed by atoms with Crippen molar-refractivity contribution >= 4 is 16.6 Å². The fourth-order valence-corrected chi connectivity index (χ4v) is 2.60. The molecule has 1 aliphatic rings. The van der Waals surface area contributed by atoms with Gasteiger partial charge in [-0.15, -0.1) is 0 Å². The smallest absolute Gasteiger partial charge is 0.134 e. The monoisotopic (exact) mass is 241 g/mol. The predicted octanol–water partition coefficient (Wildman–Crippen LogP) is 2.71. The number of pyridine rings is 1. The Labute approximate surface area is 108 Å². The zero-order valence-corrected chi connectivity index (χ0v) is 10.7. The van der Waals surface area contributed by atoms with E-state index in [9.17, 15) is 0 Å². The van der Waals surface area contributed by atoms with E-state index in [2.05, 4.69) is 52.9 Å². The molecule has 0 bridgehead atoms. The van der Waals surface area contributed by atoms with Crippen molar-refractivity contribution in [3.8, 4) is 0 Å². The van der Waals surface area contributed by atoms with E-state index in [1.165, 1.54) is 23.6 Å². The summed E-state index contributed by atoms with van der Waals surface area (Å²) in [4.78, 5) is 4.66. The van der Waals surface area contributed by atoms with Crippen LogP contribution in [0.25, 0.3) is 10.8 Å². The lowest BCUT2D eigenvalue weighted by Gasteiger charge is -2.25. The van der Waals surface area contributed by atoms with E-state index in [0.29, 0.717) is 6.04 Å². The van der Waals surface area contributed by atoms with E-state index in [0.717, 1.165) is 24.6 Å². The van der Waals surface area contributed by atoms with Crippen molar-refractivity contribution in [2.75, 3.05) is 18.4 Å². The third-order valence-corrected chi connectivity index (χ3v) is 3.55.